The van der Waals surface area contributed by atoms with Crippen molar-refractivity contribution in [3.05, 3.63) is 23.5 Å². The van der Waals surface area contributed by atoms with Gasteiger partial charge in [0.2, 0.25) is 0 Å². The van der Waals surface area contributed by atoms with Gasteiger partial charge in [-0.25, -0.2) is 4.79 Å². The highest BCUT2D eigenvalue weighted by atomic mass is 16.5. The summed E-state index contributed by atoms with van der Waals surface area (Å²) in [5.74, 6) is -0.172. The highest BCUT2D eigenvalue weighted by molar-refractivity contribution is 5.96. The van der Waals surface area contributed by atoms with E-state index in [9.17, 15) is 4.79 Å². The molecule has 0 spiro atoms. The lowest BCUT2D eigenvalue weighted by Crippen LogP contribution is -2.01. The first-order valence-electron chi connectivity index (χ1n) is 3.48. The fourth-order valence-corrected chi connectivity index (χ4v) is 1.33. The van der Waals surface area contributed by atoms with Crippen molar-refractivity contribution in [2.75, 3.05) is 0 Å². The molecule has 0 aromatic heterocycles. The standard InChI is InChI=1S/C8H8O2/c9-8-7-4-2-1-3-6(7)5-10-8/h4-5H,1-3H2. The van der Waals surface area contributed by atoms with Gasteiger partial charge in [0.1, 0.15) is 0 Å². The number of ether oxygens (including phenoxy) is 1. The van der Waals surface area contributed by atoms with E-state index in [0.717, 1.165) is 30.4 Å². The van der Waals surface area contributed by atoms with Crippen molar-refractivity contribution in [2.45, 2.75) is 19.3 Å². The zero-order chi connectivity index (χ0) is 6.97. The first-order chi connectivity index (χ1) is 4.88. The van der Waals surface area contributed by atoms with Gasteiger partial charge in [0.05, 0.1) is 11.8 Å². The minimum Gasteiger partial charge on any atom is -0.431 e. The molecule has 0 fully saturated rings. The molecule has 0 aromatic carbocycles. The van der Waals surface area contributed by atoms with E-state index in [1.807, 2.05) is 6.08 Å². The third kappa shape index (κ3) is 0.685. The number of esters is 1. The molecule has 0 unspecified atom stereocenters. The van der Waals surface area contributed by atoms with Gasteiger partial charge in [-0.05, 0) is 19.3 Å². The third-order valence-corrected chi connectivity index (χ3v) is 1.87. The molecule has 2 heteroatoms. The molecule has 0 saturated carbocycles. The Balaban J connectivity index is 2.38. The average molecular weight is 136 g/mol. The largest absolute Gasteiger partial charge is 0.431 e. The van der Waals surface area contributed by atoms with E-state index in [1.165, 1.54) is 0 Å². The monoisotopic (exact) mass is 136 g/mol. The van der Waals surface area contributed by atoms with E-state index < -0.39 is 0 Å². The maximum absolute atomic E-state index is 10.9. The molecule has 0 amide bonds. The number of hydrogen-bond acceptors (Lipinski definition) is 2. The Kier molecular flexibility index (Phi) is 1.13. The molecule has 1 aliphatic heterocycles. The van der Waals surface area contributed by atoms with Gasteiger partial charge in [-0.15, -0.1) is 0 Å². The fraction of sp³-hybridized carbons (Fsp3) is 0.375. The molecular weight excluding hydrogens is 128 g/mol. The van der Waals surface area contributed by atoms with Crippen LogP contribution in [0.2, 0.25) is 0 Å². The van der Waals surface area contributed by atoms with Crippen molar-refractivity contribution in [1.29, 1.82) is 0 Å². The van der Waals surface area contributed by atoms with Gasteiger partial charge in [0, 0.05) is 5.57 Å². The third-order valence-electron chi connectivity index (χ3n) is 1.87. The Hall–Kier alpha value is -1.05. The zero-order valence-corrected chi connectivity index (χ0v) is 5.59. The summed E-state index contributed by atoms with van der Waals surface area (Å²) in [6, 6.07) is 0. The quantitative estimate of drug-likeness (QED) is 0.472. The van der Waals surface area contributed by atoms with E-state index in [-0.39, 0.29) is 5.97 Å². The Morgan fingerprint density at radius 3 is 3.20 bits per heavy atom. The van der Waals surface area contributed by atoms with Gasteiger partial charge >= 0.3 is 5.97 Å². The summed E-state index contributed by atoms with van der Waals surface area (Å²) in [6.07, 6.45) is 6.70. The van der Waals surface area contributed by atoms with Crippen molar-refractivity contribution >= 4 is 5.97 Å². The van der Waals surface area contributed by atoms with Crippen molar-refractivity contribution in [3.63, 3.8) is 0 Å². The summed E-state index contributed by atoms with van der Waals surface area (Å²) in [7, 11) is 0. The molecule has 1 heterocycles. The van der Waals surface area contributed by atoms with Gasteiger partial charge in [-0.2, -0.15) is 0 Å². The molecule has 2 aliphatic rings. The van der Waals surface area contributed by atoms with Crippen LogP contribution in [0.15, 0.2) is 23.5 Å². The van der Waals surface area contributed by atoms with E-state index in [0.29, 0.717) is 0 Å². The summed E-state index contributed by atoms with van der Waals surface area (Å²) >= 11 is 0. The van der Waals surface area contributed by atoms with Crippen LogP contribution in [0.5, 0.6) is 0 Å². The van der Waals surface area contributed by atoms with Crippen molar-refractivity contribution < 1.29 is 9.53 Å². The van der Waals surface area contributed by atoms with E-state index in [2.05, 4.69) is 0 Å². The summed E-state index contributed by atoms with van der Waals surface area (Å²) in [5, 5.41) is 0. The minimum atomic E-state index is -0.172. The fourth-order valence-electron chi connectivity index (χ4n) is 1.33. The molecule has 0 aromatic rings. The smallest absolute Gasteiger partial charge is 0.343 e. The summed E-state index contributed by atoms with van der Waals surface area (Å²) in [6.45, 7) is 0. The van der Waals surface area contributed by atoms with Gasteiger partial charge in [0.15, 0.2) is 0 Å². The van der Waals surface area contributed by atoms with Crippen LogP contribution in [0, 0.1) is 0 Å². The lowest BCUT2D eigenvalue weighted by Gasteiger charge is -2.05. The second kappa shape index (κ2) is 1.97. The van der Waals surface area contributed by atoms with Crippen molar-refractivity contribution in [3.8, 4) is 0 Å². The van der Waals surface area contributed by atoms with E-state index in [4.69, 9.17) is 4.74 Å². The van der Waals surface area contributed by atoms with Gasteiger partial charge in [-0.1, -0.05) is 6.08 Å². The summed E-state index contributed by atoms with van der Waals surface area (Å²) in [4.78, 5) is 10.9. The van der Waals surface area contributed by atoms with Gasteiger partial charge < -0.3 is 4.74 Å². The molecule has 10 heavy (non-hydrogen) atoms. The van der Waals surface area contributed by atoms with Crippen LogP contribution in [0.1, 0.15) is 19.3 Å². The van der Waals surface area contributed by atoms with Crippen molar-refractivity contribution in [2.24, 2.45) is 0 Å². The topological polar surface area (TPSA) is 26.3 Å². The number of fused-ring (bicyclic) bond motifs is 1. The second-order valence-electron chi connectivity index (χ2n) is 2.56. The Bertz CT molecular complexity index is 236. The Morgan fingerprint density at radius 2 is 2.40 bits per heavy atom. The number of rotatable bonds is 0. The van der Waals surface area contributed by atoms with E-state index in [1.54, 1.807) is 6.26 Å². The predicted octanol–water partition coefficient (Wildman–Crippen LogP) is 1.54. The predicted molar refractivity (Wildman–Crippen MR) is 36.1 cm³/mol. The minimum absolute atomic E-state index is 0.172. The first-order valence-corrected chi connectivity index (χ1v) is 3.48. The zero-order valence-electron chi connectivity index (χ0n) is 5.59. The molecule has 0 atom stereocenters. The molecule has 0 radical (unpaired) electrons. The molecule has 52 valence electrons. The summed E-state index contributed by atoms with van der Waals surface area (Å²) < 4.78 is 4.73. The van der Waals surface area contributed by atoms with Gasteiger partial charge in [-0.3, -0.25) is 0 Å². The number of carbonyl (C=O) groups is 1. The normalized spacial score (nSPS) is 23.0. The molecule has 0 N–H and O–H groups in total. The molecule has 0 bridgehead atoms. The van der Waals surface area contributed by atoms with Gasteiger partial charge in [0.25, 0.3) is 0 Å². The number of hydrogen-bond donors (Lipinski definition) is 0. The first kappa shape index (κ1) is 5.71. The van der Waals surface area contributed by atoms with Crippen LogP contribution < -0.4 is 0 Å². The lowest BCUT2D eigenvalue weighted by molar-refractivity contribution is -0.132. The van der Waals surface area contributed by atoms with E-state index >= 15 is 0 Å². The molecular formula is C8H8O2. The molecule has 2 rings (SSSR count). The SMILES string of the molecule is O=C1OC=C2CCCC=C12. The molecule has 1 aliphatic carbocycles. The van der Waals surface area contributed by atoms with Crippen LogP contribution in [-0.4, -0.2) is 5.97 Å². The molecule has 0 saturated heterocycles. The lowest BCUT2D eigenvalue weighted by atomic mass is 9.96. The Labute approximate surface area is 59.2 Å². The summed E-state index contributed by atoms with van der Waals surface area (Å²) in [5.41, 5.74) is 1.88. The Morgan fingerprint density at radius 1 is 1.50 bits per heavy atom. The number of cyclic esters (lactones) is 1. The van der Waals surface area contributed by atoms with Crippen LogP contribution in [0.4, 0.5) is 0 Å². The maximum atomic E-state index is 10.9. The van der Waals surface area contributed by atoms with Crippen molar-refractivity contribution in [1.82, 2.24) is 0 Å². The average Bonchev–Trinajstić information content (AvgIpc) is 2.34. The van der Waals surface area contributed by atoms with Crippen LogP contribution >= 0.6 is 0 Å². The highest BCUT2D eigenvalue weighted by Crippen LogP contribution is 2.28. The van der Waals surface area contributed by atoms with Crippen LogP contribution in [-0.2, 0) is 9.53 Å². The molecule has 2 nitrogen and oxygen atoms in total. The number of carbonyl (C=O) groups excluding carboxylic acids is 1. The van der Waals surface area contributed by atoms with Crippen LogP contribution in [0.3, 0.4) is 0 Å². The maximum Gasteiger partial charge on any atom is 0.343 e. The highest BCUT2D eigenvalue weighted by Gasteiger charge is 2.23. The van der Waals surface area contributed by atoms with Crippen LogP contribution in [0.25, 0.3) is 0 Å². The second-order valence-corrected chi connectivity index (χ2v) is 2.56. The number of allylic oxidation sites excluding steroid dienone is 1.